The van der Waals surface area contributed by atoms with E-state index in [-0.39, 0.29) is 12.1 Å². The Morgan fingerprint density at radius 2 is 1.55 bits per heavy atom. The Kier molecular flexibility index (Phi) is 13.5. The second kappa shape index (κ2) is 18.3. The van der Waals surface area contributed by atoms with E-state index in [1.807, 2.05) is 89.9 Å². The standard InChI is InChI=1S/C39H34Cl2N4O7S4/c40-28-14-18-34-32(25-28)44(23-9-11-37(46)42-31-17-16-30(55(47,48)49)27-36(31)56(50,51)52)38(53-34)12-5-2-1-3-6-13-39-45(24-10-22-43-20-7-4-8-21-43)33-26-29(41)15-19-35(33)54-39/h1-8,12-21,25-27H,9-11,22-24H2,(H-2,42,46,47,48,49,50,51,52)/p+2. The number of thiazole rings is 1. The number of aromatic nitrogens is 2. The van der Waals surface area contributed by atoms with Crippen molar-refractivity contribution in [1.29, 1.82) is 0 Å². The molecule has 0 atom stereocenters. The molecule has 290 valence electrons. The smallest absolute Gasteiger partial charge is 0.296 e. The molecule has 17 heteroatoms. The molecule has 3 aromatic carbocycles. The van der Waals surface area contributed by atoms with E-state index < -0.39 is 35.9 Å². The van der Waals surface area contributed by atoms with Gasteiger partial charge >= 0.3 is 0 Å². The number of aryl methyl sites for hydroxylation is 2. The van der Waals surface area contributed by atoms with Crippen molar-refractivity contribution < 1.29 is 39.9 Å². The first kappa shape index (κ1) is 41.3. The van der Waals surface area contributed by atoms with Crippen LogP contribution in [-0.2, 0) is 38.1 Å². The van der Waals surface area contributed by atoms with E-state index in [0.29, 0.717) is 29.1 Å². The third-order valence-electron chi connectivity index (χ3n) is 8.47. The Morgan fingerprint density at radius 1 is 0.821 bits per heavy atom. The molecule has 0 unspecified atom stereocenters. The average Bonchev–Trinajstić information content (AvgIpc) is 3.67. The highest BCUT2D eigenvalue weighted by Crippen LogP contribution is 2.47. The number of nitrogens with zero attached hydrogens (tertiary/aromatic N) is 3. The van der Waals surface area contributed by atoms with Crippen LogP contribution in [0.5, 0.6) is 0 Å². The van der Waals surface area contributed by atoms with E-state index in [1.165, 1.54) is 0 Å². The molecule has 0 saturated carbocycles. The predicted molar refractivity (Wildman–Crippen MR) is 222 cm³/mol. The fourth-order valence-electron chi connectivity index (χ4n) is 5.91. The molecular formula is C39H36Cl2N4O7S4+2. The number of hydrogen-bond donors (Lipinski definition) is 3. The maximum absolute atomic E-state index is 12.8. The molecule has 0 radical (unpaired) electrons. The molecule has 6 rings (SSSR count). The summed E-state index contributed by atoms with van der Waals surface area (Å²) in [7, 11) is -9.68. The minimum atomic E-state index is -4.93. The number of rotatable bonds is 15. The van der Waals surface area contributed by atoms with Gasteiger partial charge in [-0.3, -0.25) is 13.9 Å². The molecule has 11 nitrogen and oxygen atoms in total. The van der Waals surface area contributed by atoms with E-state index in [1.54, 1.807) is 23.1 Å². The topological polar surface area (TPSA) is 149 Å². The van der Waals surface area contributed by atoms with Crippen molar-refractivity contribution in [2.24, 2.45) is 0 Å². The van der Waals surface area contributed by atoms with Crippen LogP contribution < -0.4 is 19.4 Å². The summed E-state index contributed by atoms with van der Waals surface area (Å²) < 4.78 is 71.3. The highest BCUT2D eigenvalue weighted by Gasteiger charge is 2.26. The second-order valence-electron chi connectivity index (χ2n) is 12.4. The number of nitrogens with one attached hydrogen (secondary N) is 1. The number of anilines is 2. The Morgan fingerprint density at radius 3 is 2.32 bits per heavy atom. The lowest BCUT2D eigenvalue weighted by Crippen LogP contribution is -2.39. The van der Waals surface area contributed by atoms with Gasteiger partial charge in [0, 0.05) is 52.2 Å². The van der Waals surface area contributed by atoms with Crippen LogP contribution in [0, 0.1) is 0 Å². The fraction of sp³-hybridized carbons (Fsp3) is 0.154. The van der Waals surface area contributed by atoms with Gasteiger partial charge in [0.1, 0.15) is 9.60 Å². The van der Waals surface area contributed by atoms with Crippen molar-refractivity contribution in [2.75, 3.05) is 16.8 Å². The summed E-state index contributed by atoms with van der Waals surface area (Å²) in [6.45, 7) is 2.16. The van der Waals surface area contributed by atoms with Crippen molar-refractivity contribution in [3.8, 4) is 0 Å². The lowest BCUT2D eigenvalue weighted by Gasteiger charge is -2.20. The molecule has 0 fully saturated rings. The first-order chi connectivity index (χ1) is 26.8. The van der Waals surface area contributed by atoms with Crippen molar-refractivity contribution in [1.82, 2.24) is 0 Å². The number of hydrogen-bond acceptors (Lipinski definition) is 8. The summed E-state index contributed by atoms with van der Waals surface area (Å²) in [4.78, 5) is 14.3. The summed E-state index contributed by atoms with van der Waals surface area (Å²) in [5.74, 6) is -0.563. The molecule has 1 amide bonds. The SMILES string of the molecule is O=C(CCCN1C(=CC=CC=CC=Cc2sc3ccc(Cl)cc3[n+]2CCC[n+]2ccccc2)Sc2ccc(Cl)cc21)Nc1ccc(S(=O)(=O)O)cc1S(=O)(=O)O. The Balaban J connectivity index is 1.09. The maximum Gasteiger partial charge on any atom is 0.296 e. The van der Waals surface area contributed by atoms with Gasteiger partial charge in [-0.15, -0.1) is 0 Å². The van der Waals surface area contributed by atoms with Gasteiger partial charge in [0.15, 0.2) is 25.5 Å². The molecule has 3 N–H and O–H groups in total. The van der Waals surface area contributed by atoms with Crippen LogP contribution in [0.1, 0.15) is 24.3 Å². The lowest BCUT2D eigenvalue weighted by atomic mass is 10.2. The molecule has 1 aliphatic rings. The molecule has 0 aliphatic carbocycles. The molecule has 5 aromatic rings. The Bertz CT molecular complexity index is 2610. The summed E-state index contributed by atoms with van der Waals surface area (Å²) in [6.07, 6.45) is 19.2. The van der Waals surface area contributed by atoms with Crippen LogP contribution >= 0.6 is 46.3 Å². The third-order valence-corrected chi connectivity index (χ3v) is 12.9. The summed E-state index contributed by atoms with van der Waals surface area (Å²) in [6, 6.07) is 20.1. The first-order valence-corrected chi connectivity index (χ1v) is 22.4. The minimum absolute atomic E-state index is 0.0287. The molecule has 3 heterocycles. The third kappa shape index (κ3) is 10.7. The molecule has 56 heavy (non-hydrogen) atoms. The molecule has 1 aliphatic heterocycles. The zero-order valence-electron chi connectivity index (χ0n) is 29.5. The van der Waals surface area contributed by atoms with Crippen LogP contribution in [0.2, 0.25) is 10.0 Å². The van der Waals surface area contributed by atoms with Crippen LogP contribution in [-0.4, -0.2) is 38.4 Å². The Labute approximate surface area is 343 Å². The van der Waals surface area contributed by atoms with Crippen LogP contribution in [0.3, 0.4) is 0 Å². The van der Waals surface area contributed by atoms with Crippen molar-refractivity contribution in [3.05, 3.63) is 142 Å². The van der Waals surface area contributed by atoms with E-state index in [0.717, 1.165) is 62.5 Å². The van der Waals surface area contributed by atoms with Gasteiger partial charge in [-0.2, -0.15) is 21.4 Å². The number of thioether (sulfide) groups is 1. The van der Waals surface area contributed by atoms with E-state index in [9.17, 15) is 30.7 Å². The van der Waals surface area contributed by atoms with Crippen molar-refractivity contribution in [2.45, 2.75) is 47.0 Å². The Hall–Kier alpha value is -4.32. The molecule has 2 aromatic heterocycles. The van der Waals surface area contributed by atoms with Gasteiger partial charge in [-0.1, -0.05) is 82.7 Å². The number of carbonyl (C=O) groups excluding carboxylic acids is 1. The lowest BCUT2D eigenvalue weighted by molar-refractivity contribution is -0.716. The summed E-state index contributed by atoms with van der Waals surface area (Å²) >= 11 is 16.0. The van der Waals surface area contributed by atoms with Gasteiger partial charge in [0.05, 0.1) is 27.7 Å². The molecule has 0 bridgehead atoms. The second-order valence-corrected chi connectivity index (χ2v) is 18.2. The number of halogens is 2. The highest BCUT2D eigenvalue weighted by molar-refractivity contribution is 8.03. The van der Waals surface area contributed by atoms with E-state index >= 15 is 0 Å². The molecule has 0 saturated heterocycles. The van der Waals surface area contributed by atoms with Gasteiger partial charge in [0.25, 0.3) is 25.2 Å². The van der Waals surface area contributed by atoms with Crippen molar-refractivity contribution in [3.63, 3.8) is 0 Å². The quantitative estimate of drug-likeness (QED) is 0.0536. The highest BCUT2D eigenvalue weighted by atomic mass is 35.5. The number of carbonyl (C=O) groups is 1. The predicted octanol–water partition coefficient (Wildman–Crippen LogP) is 8.37. The number of allylic oxidation sites excluding steroid dienone is 6. The van der Waals surface area contributed by atoms with Gasteiger partial charge in [0.2, 0.25) is 11.4 Å². The van der Waals surface area contributed by atoms with Gasteiger partial charge < -0.3 is 10.2 Å². The van der Waals surface area contributed by atoms with Crippen LogP contribution in [0.4, 0.5) is 11.4 Å². The maximum atomic E-state index is 12.8. The van der Waals surface area contributed by atoms with E-state index in [4.69, 9.17) is 23.2 Å². The zero-order chi connectivity index (χ0) is 39.9. The normalized spacial score (nSPS) is 14.2. The first-order valence-electron chi connectivity index (χ1n) is 17.2. The molecular weight excluding hydrogens is 836 g/mol. The summed E-state index contributed by atoms with van der Waals surface area (Å²) in [5.41, 5.74) is 1.67. The molecule has 0 spiro atoms. The van der Waals surface area contributed by atoms with Crippen LogP contribution in [0.15, 0.2) is 141 Å². The van der Waals surface area contributed by atoms with Gasteiger partial charge in [-0.05, 0) is 61.0 Å². The zero-order valence-corrected chi connectivity index (χ0v) is 34.3. The van der Waals surface area contributed by atoms with Gasteiger partial charge in [-0.25, -0.2) is 4.57 Å². The number of amides is 1. The largest absolute Gasteiger partial charge is 0.335 e. The monoisotopic (exact) mass is 870 g/mol. The number of fused-ring (bicyclic) bond motifs is 2. The average molecular weight is 872 g/mol. The number of pyridine rings is 1. The number of benzene rings is 3. The minimum Gasteiger partial charge on any atom is -0.335 e. The van der Waals surface area contributed by atoms with Crippen LogP contribution in [0.25, 0.3) is 16.3 Å². The van der Waals surface area contributed by atoms with Crippen molar-refractivity contribution >= 4 is 100 Å². The summed E-state index contributed by atoms with van der Waals surface area (Å²) in [5, 5.41) is 5.70. The van der Waals surface area contributed by atoms with E-state index in [2.05, 4.69) is 39.0 Å². The fourth-order valence-corrected chi connectivity index (χ4v) is 9.66.